The number of halogens is 2. The summed E-state index contributed by atoms with van der Waals surface area (Å²) in [6.07, 6.45) is 1.37. The van der Waals surface area contributed by atoms with Crippen molar-refractivity contribution in [3.05, 3.63) is 74.8 Å². The Bertz CT molecular complexity index is 1190. The van der Waals surface area contributed by atoms with Crippen LogP contribution in [0.3, 0.4) is 0 Å². The van der Waals surface area contributed by atoms with Crippen molar-refractivity contribution >= 4 is 16.8 Å². The van der Waals surface area contributed by atoms with Gasteiger partial charge >= 0.3 is 0 Å². The number of aromatic nitrogens is 2. The van der Waals surface area contributed by atoms with E-state index >= 15 is 0 Å². The molecule has 0 radical (unpaired) electrons. The fourth-order valence-electron chi connectivity index (χ4n) is 2.97. The lowest BCUT2D eigenvalue weighted by Gasteiger charge is -2.11. The molecule has 1 amide bonds. The van der Waals surface area contributed by atoms with Gasteiger partial charge in [-0.1, -0.05) is 12.0 Å². The van der Waals surface area contributed by atoms with Gasteiger partial charge in [0.2, 0.25) is 5.91 Å². The molecule has 0 fully saturated rings. The fourth-order valence-corrected chi connectivity index (χ4v) is 2.97. The van der Waals surface area contributed by atoms with Crippen molar-refractivity contribution in [2.75, 3.05) is 0 Å². The first-order valence-electron chi connectivity index (χ1n) is 8.54. The van der Waals surface area contributed by atoms with E-state index in [1.807, 2.05) is 0 Å². The third-order valence-corrected chi connectivity index (χ3v) is 4.37. The largest absolute Gasteiger partial charge is 0.352 e. The molecule has 5 nitrogen and oxygen atoms in total. The van der Waals surface area contributed by atoms with Gasteiger partial charge in [-0.25, -0.2) is 13.8 Å². The van der Waals surface area contributed by atoms with Crippen LogP contribution in [-0.2, 0) is 17.8 Å². The number of fused-ring (bicyclic) bond motifs is 1. The van der Waals surface area contributed by atoms with Gasteiger partial charge in [-0.15, -0.1) is 0 Å². The number of aryl methyl sites for hydroxylation is 1. The summed E-state index contributed by atoms with van der Waals surface area (Å²) < 4.78 is 26.6. The number of amides is 1. The average Bonchev–Trinajstić information content (AvgIpc) is 2.64. The summed E-state index contributed by atoms with van der Waals surface area (Å²) in [6.45, 7) is 3.32. The molecular weight excluding hydrogens is 364 g/mol. The van der Waals surface area contributed by atoms with E-state index in [-0.39, 0.29) is 29.7 Å². The molecule has 7 heteroatoms. The maximum absolute atomic E-state index is 13.7. The number of hydrogen-bond donors (Lipinski definition) is 2. The Balaban J connectivity index is 1.87. The van der Waals surface area contributed by atoms with Crippen LogP contribution in [0.2, 0.25) is 0 Å². The van der Waals surface area contributed by atoms with Crippen LogP contribution in [0.25, 0.3) is 10.9 Å². The van der Waals surface area contributed by atoms with E-state index in [4.69, 9.17) is 0 Å². The van der Waals surface area contributed by atoms with Crippen molar-refractivity contribution in [1.82, 2.24) is 15.3 Å². The number of carbonyl (C=O) groups excluding carboxylic acids is 1. The topological polar surface area (TPSA) is 74.8 Å². The molecule has 2 N–H and O–H groups in total. The fraction of sp³-hybridized carbons (Fsp3) is 0.190. The molecule has 0 aliphatic carbocycles. The highest BCUT2D eigenvalue weighted by Crippen LogP contribution is 2.20. The van der Waals surface area contributed by atoms with Crippen molar-refractivity contribution in [3.63, 3.8) is 0 Å². The summed E-state index contributed by atoms with van der Waals surface area (Å²) in [4.78, 5) is 31.7. The van der Waals surface area contributed by atoms with Crippen LogP contribution in [-0.4, -0.2) is 15.9 Å². The molecule has 2 aromatic heterocycles. The minimum absolute atomic E-state index is 0.108. The van der Waals surface area contributed by atoms with E-state index in [1.54, 1.807) is 26.1 Å². The van der Waals surface area contributed by atoms with Gasteiger partial charge < -0.3 is 10.3 Å². The summed E-state index contributed by atoms with van der Waals surface area (Å²) in [5, 5.41) is 3.24. The number of pyridine rings is 2. The summed E-state index contributed by atoms with van der Waals surface area (Å²) in [5.41, 5.74) is 1.79. The van der Waals surface area contributed by atoms with E-state index in [2.05, 4.69) is 27.1 Å². The van der Waals surface area contributed by atoms with Gasteiger partial charge in [-0.3, -0.25) is 9.59 Å². The van der Waals surface area contributed by atoms with E-state index in [0.717, 1.165) is 12.1 Å². The minimum Gasteiger partial charge on any atom is -0.352 e. The second kappa shape index (κ2) is 8.01. The molecule has 142 valence electrons. The highest BCUT2D eigenvalue weighted by Gasteiger charge is 2.16. The van der Waals surface area contributed by atoms with Crippen molar-refractivity contribution in [2.45, 2.75) is 26.8 Å². The minimum atomic E-state index is -0.742. The maximum Gasteiger partial charge on any atom is 0.252 e. The number of H-pyrrole nitrogens is 1. The predicted molar refractivity (Wildman–Crippen MR) is 102 cm³/mol. The Kier molecular flexibility index (Phi) is 5.50. The smallest absolute Gasteiger partial charge is 0.252 e. The molecular formula is C21H17F2N3O2. The first-order valence-corrected chi connectivity index (χ1v) is 8.54. The summed E-state index contributed by atoms with van der Waals surface area (Å²) in [5.74, 6) is 3.79. The normalized spacial score (nSPS) is 10.4. The molecule has 0 atom stereocenters. The molecule has 3 aromatic rings. The first-order chi connectivity index (χ1) is 13.4. The molecule has 0 saturated heterocycles. The Morgan fingerprint density at radius 1 is 1.29 bits per heavy atom. The van der Waals surface area contributed by atoms with E-state index in [9.17, 15) is 18.4 Å². The molecule has 0 bridgehead atoms. The zero-order chi connectivity index (χ0) is 20.3. The quantitative estimate of drug-likeness (QED) is 0.683. The SMILES string of the molecule is CC#Cc1nccc2[nH]c(=O)c(CC(=O)NCc3ccc(F)cc3F)c(C)c12. The standard InChI is InChI=1S/C21H17F2N3O2/c1-3-4-17-20-12(2)15(21(28)26-18(20)7-8-24-17)10-19(27)25-11-13-5-6-14(22)9-16(13)23/h5-9H,10-11H2,1-2H3,(H,25,27)(H,26,28). The van der Waals surface area contributed by atoms with Crippen molar-refractivity contribution < 1.29 is 13.6 Å². The zero-order valence-electron chi connectivity index (χ0n) is 15.3. The molecule has 1 aromatic carbocycles. The van der Waals surface area contributed by atoms with Gasteiger partial charge in [-0.2, -0.15) is 0 Å². The number of hydrogen-bond acceptors (Lipinski definition) is 3. The number of nitrogens with zero attached hydrogens (tertiary/aromatic N) is 1. The Morgan fingerprint density at radius 2 is 2.07 bits per heavy atom. The van der Waals surface area contributed by atoms with Crippen molar-refractivity contribution in [3.8, 4) is 11.8 Å². The molecule has 2 heterocycles. The van der Waals surface area contributed by atoms with Crippen LogP contribution in [0.5, 0.6) is 0 Å². The summed E-state index contributed by atoms with van der Waals surface area (Å²) in [6, 6.07) is 4.81. The van der Waals surface area contributed by atoms with E-state index in [0.29, 0.717) is 22.2 Å². The molecule has 28 heavy (non-hydrogen) atoms. The summed E-state index contributed by atoms with van der Waals surface area (Å²) >= 11 is 0. The van der Waals surface area contributed by atoms with Gasteiger partial charge in [0.1, 0.15) is 17.3 Å². The lowest BCUT2D eigenvalue weighted by molar-refractivity contribution is -0.120. The molecule has 0 unspecified atom stereocenters. The van der Waals surface area contributed by atoms with Gasteiger partial charge in [0.25, 0.3) is 5.56 Å². The Hall–Kier alpha value is -3.53. The number of rotatable bonds is 4. The van der Waals surface area contributed by atoms with Crippen LogP contribution in [0.4, 0.5) is 8.78 Å². The molecule has 0 spiro atoms. The van der Waals surface area contributed by atoms with Crippen molar-refractivity contribution in [2.24, 2.45) is 0 Å². The van der Waals surface area contributed by atoms with Crippen molar-refractivity contribution in [1.29, 1.82) is 0 Å². The van der Waals surface area contributed by atoms with E-state index < -0.39 is 17.5 Å². The lowest BCUT2D eigenvalue weighted by atomic mass is 10.0. The number of aromatic amines is 1. The second-order valence-electron chi connectivity index (χ2n) is 6.20. The van der Waals surface area contributed by atoms with Gasteiger partial charge in [-0.05, 0) is 37.5 Å². The molecule has 0 saturated carbocycles. The summed E-state index contributed by atoms with van der Waals surface area (Å²) in [7, 11) is 0. The van der Waals surface area contributed by atoms with Crippen LogP contribution >= 0.6 is 0 Å². The van der Waals surface area contributed by atoms with E-state index in [1.165, 1.54) is 6.07 Å². The molecule has 0 aliphatic rings. The second-order valence-corrected chi connectivity index (χ2v) is 6.20. The molecule has 3 rings (SSSR count). The number of nitrogens with one attached hydrogen (secondary N) is 2. The Labute approximate surface area is 159 Å². The van der Waals surface area contributed by atoms with Gasteiger partial charge in [0.05, 0.1) is 11.9 Å². The van der Waals surface area contributed by atoms with Gasteiger partial charge in [0.15, 0.2) is 0 Å². The Morgan fingerprint density at radius 3 is 2.79 bits per heavy atom. The number of benzene rings is 1. The molecule has 0 aliphatic heterocycles. The van der Waals surface area contributed by atoms with Gasteiger partial charge in [0, 0.05) is 35.3 Å². The lowest BCUT2D eigenvalue weighted by Crippen LogP contribution is -2.28. The third-order valence-electron chi connectivity index (χ3n) is 4.37. The third kappa shape index (κ3) is 3.91. The monoisotopic (exact) mass is 381 g/mol. The van der Waals surface area contributed by atoms with Crippen LogP contribution in [0.1, 0.15) is 29.3 Å². The predicted octanol–water partition coefficient (Wildman–Crippen LogP) is 2.74. The van der Waals surface area contributed by atoms with Crippen LogP contribution < -0.4 is 10.9 Å². The maximum atomic E-state index is 13.7. The zero-order valence-corrected chi connectivity index (χ0v) is 15.3. The highest BCUT2D eigenvalue weighted by atomic mass is 19.1. The first kappa shape index (κ1) is 19.2. The average molecular weight is 381 g/mol. The number of carbonyl (C=O) groups is 1. The van der Waals surface area contributed by atoms with Crippen LogP contribution in [0, 0.1) is 30.4 Å². The highest BCUT2D eigenvalue weighted by molar-refractivity contribution is 5.89. The van der Waals surface area contributed by atoms with Crippen LogP contribution in [0.15, 0.2) is 35.3 Å².